The molecule has 0 spiro atoms. The Bertz CT molecular complexity index is 1040. The van der Waals surface area contributed by atoms with E-state index in [1.165, 1.54) is 43.9 Å². The summed E-state index contributed by atoms with van der Waals surface area (Å²) < 4.78 is 0. The molecule has 1 aromatic heterocycles. The molecule has 4 nitrogen and oxygen atoms in total. The standard InChI is InChI=1S/C25H27N3OS/c29-23(28-15-14-18-8-4-5-11-20(18)16-28)17-30-25-22-13-7-6-12-21(22)24(26-27-25)19-9-2-1-3-10-19/h1-3,6-7,9-10,12-13,18,20H,4-5,8,11,14-17H2. The van der Waals surface area contributed by atoms with Crippen LogP contribution < -0.4 is 0 Å². The summed E-state index contributed by atoms with van der Waals surface area (Å²) in [6.07, 6.45) is 6.52. The van der Waals surface area contributed by atoms with Crippen LogP contribution in [0.4, 0.5) is 0 Å². The summed E-state index contributed by atoms with van der Waals surface area (Å²) in [6, 6.07) is 18.4. The number of hydrogen-bond acceptors (Lipinski definition) is 4. The molecule has 1 aliphatic heterocycles. The molecule has 154 valence electrons. The fraction of sp³-hybridized carbons (Fsp3) is 0.400. The number of hydrogen-bond donors (Lipinski definition) is 0. The second-order valence-electron chi connectivity index (χ2n) is 8.49. The summed E-state index contributed by atoms with van der Waals surface area (Å²) in [7, 11) is 0. The van der Waals surface area contributed by atoms with Gasteiger partial charge in [-0.2, -0.15) is 0 Å². The minimum Gasteiger partial charge on any atom is -0.342 e. The van der Waals surface area contributed by atoms with Crippen LogP contribution in [0.3, 0.4) is 0 Å². The topological polar surface area (TPSA) is 46.1 Å². The van der Waals surface area contributed by atoms with Crippen molar-refractivity contribution in [1.82, 2.24) is 15.1 Å². The van der Waals surface area contributed by atoms with Crippen LogP contribution in [0, 0.1) is 11.8 Å². The van der Waals surface area contributed by atoms with Gasteiger partial charge >= 0.3 is 0 Å². The molecule has 2 heterocycles. The highest BCUT2D eigenvalue weighted by molar-refractivity contribution is 8.00. The molecule has 5 heteroatoms. The average molecular weight is 418 g/mol. The lowest BCUT2D eigenvalue weighted by atomic mass is 9.75. The molecule has 0 N–H and O–H groups in total. The average Bonchev–Trinajstić information content (AvgIpc) is 2.82. The minimum atomic E-state index is 0.238. The van der Waals surface area contributed by atoms with E-state index >= 15 is 0 Å². The third-order valence-corrected chi connectivity index (χ3v) is 7.64. The van der Waals surface area contributed by atoms with E-state index in [9.17, 15) is 4.79 Å². The summed E-state index contributed by atoms with van der Waals surface area (Å²) >= 11 is 1.52. The van der Waals surface area contributed by atoms with E-state index in [1.54, 1.807) is 0 Å². The fourth-order valence-corrected chi connectivity index (χ4v) is 5.92. The quantitative estimate of drug-likeness (QED) is 0.531. The first-order valence-corrected chi connectivity index (χ1v) is 12.0. The van der Waals surface area contributed by atoms with Crippen LogP contribution in [0.15, 0.2) is 59.6 Å². The van der Waals surface area contributed by atoms with Crippen LogP contribution >= 0.6 is 11.8 Å². The van der Waals surface area contributed by atoms with E-state index in [0.29, 0.717) is 11.7 Å². The highest BCUT2D eigenvalue weighted by Crippen LogP contribution is 2.37. The molecule has 1 saturated carbocycles. The Labute approximate surface area is 182 Å². The summed E-state index contributed by atoms with van der Waals surface area (Å²) in [5.74, 6) is 2.23. The largest absolute Gasteiger partial charge is 0.342 e. The SMILES string of the molecule is O=C(CSc1nnc(-c2ccccc2)c2ccccc12)N1CCC2CCCCC2C1. The van der Waals surface area contributed by atoms with Gasteiger partial charge in [0, 0.05) is 29.4 Å². The lowest BCUT2D eigenvalue weighted by Gasteiger charge is -2.41. The smallest absolute Gasteiger partial charge is 0.233 e. The van der Waals surface area contributed by atoms with Crippen molar-refractivity contribution in [3.63, 3.8) is 0 Å². The number of carbonyl (C=O) groups is 1. The van der Waals surface area contributed by atoms with Gasteiger partial charge in [0.2, 0.25) is 5.91 Å². The van der Waals surface area contributed by atoms with Crippen molar-refractivity contribution in [2.75, 3.05) is 18.8 Å². The molecule has 0 radical (unpaired) electrons. The first kappa shape index (κ1) is 19.6. The predicted octanol–water partition coefficient (Wildman–Crippen LogP) is 5.43. The number of amides is 1. The number of fused-ring (bicyclic) bond motifs is 2. The summed E-state index contributed by atoms with van der Waals surface area (Å²) in [4.78, 5) is 15.0. The van der Waals surface area contributed by atoms with Crippen molar-refractivity contribution in [3.8, 4) is 11.3 Å². The van der Waals surface area contributed by atoms with Gasteiger partial charge < -0.3 is 4.90 Å². The number of likely N-dealkylation sites (tertiary alicyclic amines) is 1. The predicted molar refractivity (Wildman–Crippen MR) is 122 cm³/mol. The number of benzene rings is 2. The second-order valence-corrected chi connectivity index (χ2v) is 9.45. The summed E-state index contributed by atoms with van der Waals surface area (Å²) in [6.45, 7) is 1.86. The van der Waals surface area contributed by atoms with Gasteiger partial charge in [-0.05, 0) is 24.7 Å². The molecule has 3 aromatic rings. The summed E-state index contributed by atoms with van der Waals surface area (Å²) in [5.41, 5.74) is 1.95. The fourth-order valence-electron chi connectivity index (χ4n) is 5.04. The van der Waals surface area contributed by atoms with Gasteiger partial charge in [-0.15, -0.1) is 10.2 Å². The lowest BCUT2D eigenvalue weighted by Crippen LogP contribution is -2.45. The zero-order valence-corrected chi connectivity index (χ0v) is 18.0. The van der Waals surface area contributed by atoms with E-state index in [1.807, 2.05) is 30.3 Å². The van der Waals surface area contributed by atoms with Gasteiger partial charge in [0.1, 0.15) is 10.7 Å². The highest BCUT2D eigenvalue weighted by atomic mass is 32.2. The van der Waals surface area contributed by atoms with Gasteiger partial charge in [0.25, 0.3) is 0 Å². The first-order valence-electron chi connectivity index (χ1n) is 11.0. The molecule has 0 bridgehead atoms. The van der Waals surface area contributed by atoms with Gasteiger partial charge in [0.15, 0.2) is 0 Å². The summed E-state index contributed by atoms with van der Waals surface area (Å²) in [5, 5.41) is 12.0. The maximum absolute atomic E-state index is 12.9. The van der Waals surface area contributed by atoms with Crippen LogP contribution in [0.25, 0.3) is 22.0 Å². The van der Waals surface area contributed by atoms with Crippen molar-refractivity contribution in [1.29, 1.82) is 0 Å². The molecule has 2 unspecified atom stereocenters. The molecular weight excluding hydrogens is 390 g/mol. The molecule has 1 aliphatic carbocycles. The van der Waals surface area contributed by atoms with Crippen molar-refractivity contribution < 1.29 is 4.79 Å². The first-order chi connectivity index (χ1) is 14.8. The highest BCUT2D eigenvalue weighted by Gasteiger charge is 2.32. The Kier molecular flexibility index (Phi) is 5.71. The number of nitrogens with zero attached hydrogens (tertiary/aromatic N) is 3. The van der Waals surface area contributed by atoms with Crippen molar-refractivity contribution in [2.24, 2.45) is 11.8 Å². The van der Waals surface area contributed by atoms with E-state index in [2.05, 4.69) is 39.4 Å². The van der Waals surface area contributed by atoms with E-state index in [-0.39, 0.29) is 5.91 Å². The number of carbonyl (C=O) groups excluding carboxylic acids is 1. The third kappa shape index (κ3) is 3.95. The lowest BCUT2D eigenvalue weighted by molar-refractivity contribution is -0.131. The van der Waals surface area contributed by atoms with E-state index < -0.39 is 0 Å². The molecule has 2 atom stereocenters. The Morgan fingerprint density at radius 3 is 2.47 bits per heavy atom. The van der Waals surface area contributed by atoms with E-state index in [4.69, 9.17) is 0 Å². The van der Waals surface area contributed by atoms with Crippen molar-refractivity contribution in [2.45, 2.75) is 37.1 Å². The number of piperidine rings is 1. The number of aromatic nitrogens is 2. The third-order valence-electron chi connectivity index (χ3n) is 6.68. The molecule has 1 saturated heterocycles. The molecular formula is C25H27N3OS. The van der Waals surface area contributed by atoms with Crippen LogP contribution in [0.2, 0.25) is 0 Å². The van der Waals surface area contributed by atoms with Gasteiger partial charge in [0.05, 0.1) is 5.75 Å². The number of thioether (sulfide) groups is 1. The monoisotopic (exact) mass is 417 g/mol. The maximum Gasteiger partial charge on any atom is 0.233 e. The van der Waals surface area contributed by atoms with Crippen LogP contribution in [0.5, 0.6) is 0 Å². The van der Waals surface area contributed by atoms with Crippen LogP contribution in [-0.4, -0.2) is 39.8 Å². The van der Waals surface area contributed by atoms with Gasteiger partial charge in [-0.1, -0.05) is 85.6 Å². The van der Waals surface area contributed by atoms with Crippen molar-refractivity contribution >= 4 is 28.4 Å². The van der Waals surface area contributed by atoms with E-state index in [0.717, 1.165) is 46.1 Å². The van der Waals surface area contributed by atoms with Crippen molar-refractivity contribution in [3.05, 3.63) is 54.6 Å². The van der Waals surface area contributed by atoms with Crippen LogP contribution in [0.1, 0.15) is 32.1 Å². The number of rotatable bonds is 4. The minimum absolute atomic E-state index is 0.238. The van der Waals surface area contributed by atoms with Gasteiger partial charge in [-0.25, -0.2) is 0 Å². The molecule has 30 heavy (non-hydrogen) atoms. The Hall–Kier alpha value is -2.40. The van der Waals surface area contributed by atoms with Crippen LogP contribution in [-0.2, 0) is 4.79 Å². The Morgan fingerprint density at radius 1 is 0.900 bits per heavy atom. The Morgan fingerprint density at radius 2 is 1.63 bits per heavy atom. The molecule has 2 aliphatic rings. The Balaban J connectivity index is 1.32. The second kappa shape index (κ2) is 8.76. The molecule has 1 amide bonds. The molecule has 2 aromatic carbocycles. The van der Waals surface area contributed by atoms with Gasteiger partial charge in [-0.3, -0.25) is 4.79 Å². The maximum atomic E-state index is 12.9. The zero-order valence-electron chi connectivity index (χ0n) is 17.2. The normalized spacial score (nSPS) is 21.4. The zero-order chi connectivity index (χ0) is 20.3. The molecule has 5 rings (SSSR count). The molecule has 2 fully saturated rings.